The maximum atomic E-state index is 12.3. The summed E-state index contributed by atoms with van der Waals surface area (Å²) in [4.78, 5) is 23.7. The first-order chi connectivity index (χ1) is 8.99. The van der Waals surface area contributed by atoms with Gasteiger partial charge in [0.25, 0.3) is 5.91 Å². The SMILES string of the molecule is CC(C)(NC(=O)c1cc(Br)ccc1Br)C(C)(C)C(=O)O. The molecule has 0 saturated heterocycles. The Hall–Kier alpha value is -0.880. The topological polar surface area (TPSA) is 66.4 Å². The van der Waals surface area contributed by atoms with E-state index in [1.165, 1.54) is 0 Å². The fourth-order valence-corrected chi connectivity index (χ4v) is 2.23. The van der Waals surface area contributed by atoms with Crippen molar-refractivity contribution in [3.05, 3.63) is 32.7 Å². The van der Waals surface area contributed by atoms with Gasteiger partial charge < -0.3 is 10.4 Å². The highest BCUT2D eigenvalue weighted by atomic mass is 79.9. The zero-order chi connectivity index (χ0) is 15.7. The largest absolute Gasteiger partial charge is 0.481 e. The molecule has 0 bridgehead atoms. The average Bonchev–Trinajstić information content (AvgIpc) is 2.31. The molecule has 1 aromatic carbocycles. The van der Waals surface area contributed by atoms with Gasteiger partial charge in [0, 0.05) is 8.95 Å². The Morgan fingerprint density at radius 2 is 1.70 bits per heavy atom. The Kier molecular flexibility index (Phi) is 5.03. The molecule has 0 spiro atoms. The number of carbonyl (C=O) groups excluding carboxylic acids is 1. The molecule has 1 aromatic rings. The van der Waals surface area contributed by atoms with Gasteiger partial charge in [-0.2, -0.15) is 0 Å². The van der Waals surface area contributed by atoms with Crippen LogP contribution in [0.4, 0.5) is 0 Å². The van der Waals surface area contributed by atoms with Crippen LogP contribution in [0.2, 0.25) is 0 Å². The third-order valence-electron chi connectivity index (χ3n) is 3.70. The minimum atomic E-state index is -1.10. The van der Waals surface area contributed by atoms with Gasteiger partial charge in [0.1, 0.15) is 0 Å². The zero-order valence-electron chi connectivity index (χ0n) is 11.8. The molecule has 0 unspecified atom stereocenters. The standard InChI is InChI=1S/C14H17Br2NO3/c1-13(2,12(19)20)14(3,4)17-11(18)9-7-8(15)5-6-10(9)16/h5-7H,1-4H3,(H,17,18)(H,19,20). The molecule has 0 fully saturated rings. The molecule has 0 radical (unpaired) electrons. The summed E-state index contributed by atoms with van der Waals surface area (Å²) in [6.07, 6.45) is 0. The lowest BCUT2D eigenvalue weighted by atomic mass is 9.74. The second-order valence-corrected chi connectivity index (χ2v) is 7.40. The molecule has 0 heterocycles. The minimum absolute atomic E-state index is 0.322. The van der Waals surface area contributed by atoms with E-state index in [4.69, 9.17) is 0 Å². The molecule has 0 saturated carbocycles. The molecule has 0 aliphatic heterocycles. The molecule has 20 heavy (non-hydrogen) atoms. The average molecular weight is 407 g/mol. The molecule has 1 rings (SSSR count). The summed E-state index contributed by atoms with van der Waals surface area (Å²) >= 11 is 6.63. The van der Waals surface area contributed by atoms with E-state index in [-0.39, 0.29) is 5.91 Å². The molecule has 0 aliphatic rings. The van der Waals surface area contributed by atoms with Crippen LogP contribution in [0.3, 0.4) is 0 Å². The molecule has 0 aromatic heterocycles. The maximum absolute atomic E-state index is 12.3. The predicted molar refractivity (Wildman–Crippen MR) is 84.8 cm³/mol. The minimum Gasteiger partial charge on any atom is -0.481 e. The molecular weight excluding hydrogens is 390 g/mol. The molecular formula is C14H17Br2NO3. The number of rotatable bonds is 4. The van der Waals surface area contributed by atoms with Gasteiger partial charge in [-0.15, -0.1) is 0 Å². The number of amides is 1. The normalized spacial score (nSPS) is 12.1. The molecule has 2 N–H and O–H groups in total. The highest BCUT2D eigenvalue weighted by Crippen LogP contribution is 2.31. The Bertz CT molecular complexity index is 553. The van der Waals surface area contributed by atoms with Crippen molar-refractivity contribution in [1.29, 1.82) is 0 Å². The van der Waals surface area contributed by atoms with Crippen molar-refractivity contribution in [2.24, 2.45) is 5.41 Å². The smallest absolute Gasteiger partial charge is 0.311 e. The fraction of sp³-hybridized carbons (Fsp3) is 0.429. The van der Waals surface area contributed by atoms with E-state index < -0.39 is 16.9 Å². The number of benzene rings is 1. The van der Waals surface area contributed by atoms with Gasteiger partial charge in [-0.05, 0) is 61.8 Å². The van der Waals surface area contributed by atoms with E-state index in [0.29, 0.717) is 10.0 Å². The highest BCUT2D eigenvalue weighted by molar-refractivity contribution is 9.11. The summed E-state index contributed by atoms with van der Waals surface area (Å²) in [5.74, 6) is -1.28. The van der Waals surface area contributed by atoms with E-state index in [1.807, 2.05) is 6.07 Å². The Labute approximate surface area is 135 Å². The van der Waals surface area contributed by atoms with Crippen molar-refractivity contribution in [3.8, 4) is 0 Å². The van der Waals surface area contributed by atoms with Crippen LogP contribution in [0.5, 0.6) is 0 Å². The second-order valence-electron chi connectivity index (χ2n) is 5.63. The number of nitrogens with one attached hydrogen (secondary N) is 1. The summed E-state index contributed by atoms with van der Waals surface area (Å²) in [6.45, 7) is 6.58. The zero-order valence-corrected chi connectivity index (χ0v) is 14.9. The van der Waals surface area contributed by atoms with Crippen molar-refractivity contribution in [2.75, 3.05) is 0 Å². The van der Waals surface area contributed by atoms with Crippen molar-refractivity contribution in [1.82, 2.24) is 5.32 Å². The molecule has 0 aliphatic carbocycles. The van der Waals surface area contributed by atoms with Gasteiger partial charge >= 0.3 is 5.97 Å². The quantitative estimate of drug-likeness (QED) is 0.798. The van der Waals surface area contributed by atoms with Crippen LogP contribution < -0.4 is 5.32 Å². The van der Waals surface area contributed by atoms with Crippen molar-refractivity contribution in [3.63, 3.8) is 0 Å². The Morgan fingerprint density at radius 3 is 2.20 bits per heavy atom. The lowest BCUT2D eigenvalue weighted by Gasteiger charge is -2.38. The Morgan fingerprint density at radius 1 is 1.15 bits per heavy atom. The van der Waals surface area contributed by atoms with Crippen LogP contribution in [0.25, 0.3) is 0 Å². The summed E-state index contributed by atoms with van der Waals surface area (Å²) in [6, 6.07) is 5.25. The molecule has 0 atom stereocenters. The van der Waals surface area contributed by atoms with E-state index in [1.54, 1.807) is 39.8 Å². The number of hydrogen-bond acceptors (Lipinski definition) is 2. The number of carboxylic acid groups (broad SMARTS) is 1. The van der Waals surface area contributed by atoms with E-state index >= 15 is 0 Å². The highest BCUT2D eigenvalue weighted by Gasteiger charge is 2.44. The first-order valence-electron chi connectivity index (χ1n) is 6.00. The third-order valence-corrected chi connectivity index (χ3v) is 4.88. The van der Waals surface area contributed by atoms with Crippen LogP contribution in [0.1, 0.15) is 38.1 Å². The van der Waals surface area contributed by atoms with Crippen molar-refractivity contribution >= 4 is 43.7 Å². The van der Waals surface area contributed by atoms with E-state index in [9.17, 15) is 14.7 Å². The molecule has 4 nitrogen and oxygen atoms in total. The number of hydrogen-bond donors (Lipinski definition) is 2. The lowest BCUT2D eigenvalue weighted by molar-refractivity contribution is -0.150. The van der Waals surface area contributed by atoms with Crippen LogP contribution >= 0.6 is 31.9 Å². The summed E-state index contributed by atoms with van der Waals surface area (Å²) in [7, 11) is 0. The number of carbonyl (C=O) groups is 2. The number of halogens is 2. The first kappa shape index (κ1) is 17.2. The van der Waals surface area contributed by atoms with Crippen LogP contribution in [0, 0.1) is 5.41 Å². The van der Waals surface area contributed by atoms with Crippen LogP contribution in [0.15, 0.2) is 27.1 Å². The van der Waals surface area contributed by atoms with E-state index in [0.717, 1.165) is 4.47 Å². The van der Waals surface area contributed by atoms with Crippen LogP contribution in [-0.2, 0) is 4.79 Å². The van der Waals surface area contributed by atoms with Crippen LogP contribution in [-0.4, -0.2) is 22.5 Å². The van der Waals surface area contributed by atoms with Gasteiger partial charge in [-0.3, -0.25) is 9.59 Å². The fourth-order valence-electron chi connectivity index (χ4n) is 1.45. The van der Waals surface area contributed by atoms with Gasteiger partial charge in [0.05, 0.1) is 16.5 Å². The first-order valence-corrected chi connectivity index (χ1v) is 7.58. The van der Waals surface area contributed by atoms with Crippen molar-refractivity contribution in [2.45, 2.75) is 33.2 Å². The monoisotopic (exact) mass is 405 g/mol. The van der Waals surface area contributed by atoms with Gasteiger partial charge in [0.15, 0.2) is 0 Å². The number of carboxylic acids is 1. The summed E-state index contributed by atoms with van der Waals surface area (Å²) < 4.78 is 1.43. The van der Waals surface area contributed by atoms with Gasteiger partial charge in [0.2, 0.25) is 0 Å². The Balaban J connectivity index is 3.06. The third kappa shape index (κ3) is 3.41. The van der Waals surface area contributed by atoms with Gasteiger partial charge in [-0.25, -0.2) is 0 Å². The number of aliphatic carboxylic acids is 1. The van der Waals surface area contributed by atoms with Gasteiger partial charge in [-0.1, -0.05) is 15.9 Å². The maximum Gasteiger partial charge on any atom is 0.311 e. The molecule has 110 valence electrons. The predicted octanol–water partition coefficient (Wildman–Crippen LogP) is 3.83. The van der Waals surface area contributed by atoms with Crippen molar-refractivity contribution < 1.29 is 14.7 Å². The van der Waals surface area contributed by atoms with E-state index in [2.05, 4.69) is 37.2 Å². The lowest BCUT2D eigenvalue weighted by Crippen LogP contribution is -2.57. The molecule has 6 heteroatoms. The summed E-state index contributed by atoms with van der Waals surface area (Å²) in [5, 5.41) is 12.1. The second kappa shape index (κ2) is 5.85. The molecule has 1 amide bonds. The summed E-state index contributed by atoms with van der Waals surface area (Å²) in [5.41, 5.74) is -1.55.